The van der Waals surface area contributed by atoms with Gasteiger partial charge in [0, 0.05) is 12.7 Å². The average molecular weight is 356 g/mol. The van der Waals surface area contributed by atoms with Crippen LogP contribution < -0.4 is 5.32 Å². The molecule has 0 radical (unpaired) electrons. The van der Waals surface area contributed by atoms with E-state index in [1.165, 1.54) is 12.3 Å². The van der Waals surface area contributed by atoms with Crippen LogP contribution in [-0.4, -0.2) is 23.7 Å². The number of anilines is 1. The van der Waals surface area contributed by atoms with Gasteiger partial charge in [-0.05, 0) is 30.2 Å². The quantitative estimate of drug-likeness (QED) is 0.759. The molecule has 4 nitrogen and oxygen atoms in total. The molecule has 1 aromatic heterocycles. The number of halogens is 3. The molecule has 0 aliphatic heterocycles. The minimum atomic E-state index is -0.490. The zero-order valence-electron chi connectivity index (χ0n) is 12.7. The van der Waals surface area contributed by atoms with Gasteiger partial charge in [0.05, 0.1) is 18.8 Å². The normalized spacial score (nSPS) is 12.6. The van der Waals surface area contributed by atoms with Crippen LogP contribution in [0.4, 0.5) is 10.2 Å². The second-order valence-electron chi connectivity index (χ2n) is 4.73. The van der Waals surface area contributed by atoms with Crippen molar-refractivity contribution in [2.45, 2.75) is 13.0 Å². The van der Waals surface area contributed by atoms with Gasteiger partial charge in [0.1, 0.15) is 16.7 Å². The highest BCUT2D eigenvalue weighted by molar-refractivity contribution is 6.33. The molecular formula is C16H16Cl2FN3O. The zero-order valence-corrected chi connectivity index (χ0v) is 14.2. The van der Waals surface area contributed by atoms with Crippen LogP contribution in [0.2, 0.25) is 10.3 Å². The summed E-state index contributed by atoms with van der Waals surface area (Å²) in [5, 5.41) is 3.42. The first-order valence-corrected chi connectivity index (χ1v) is 7.67. The van der Waals surface area contributed by atoms with E-state index in [0.717, 1.165) is 5.56 Å². The van der Waals surface area contributed by atoms with E-state index in [1.54, 1.807) is 13.2 Å². The van der Waals surface area contributed by atoms with E-state index in [-0.39, 0.29) is 17.7 Å². The van der Waals surface area contributed by atoms with Crippen LogP contribution in [0, 0.1) is 5.82 Å². The Bertz CT molecular complexity index is 710. The van der Waals surface area contributed by atoms with E-state index < -0.39 is 6.04 Å². The Morgan fingerprint density at radius 3 is 2.87 bits per heavy atom. The predicted molar refractivity (Wildman–Crippen MR) is 91.4 cm³/mol. The Morgan fingerprint density at radius 1 is 1.39 bits per heavy atom. The van der Waals surface area contributed by atoms with Crippen molar-refractivity contribution in [1.29, 1.82) is 0 Å². The molecule has 0 saturated carbocycles. The maximum Gasteiger partial charge on any atom is 0.224 e. The molecule has 0 aliphatic carbocycles. The summed E-state index contributed by atoms with van der Waals surface area (Å²) >= 11 is 11.9. The fourth-order valence-corrected chi connectivity index (χ4v) is 2.50. The maximum absolute atomic E-state index is 14.4. The molecule has 23 heavy (non-hydrogen) atoms. The van der Waals surface area contributed by atoms with Crippen LogP contribution in [-0.2, 0) is 4.74 Å². The molecule has 7 heteroatoms. The first kappa shape index (κ1) is 17.7. The lowest BCUT2D eigenvalue weighted by atomic mass is 9.99. The van der Waals surface area contributed by atoms with Crippen molar-refractivity contribution in [3.63, 3.8) is 0 Å². The third kappa shape index (κ3) is 4.41. The molecule has 1 aromatic carbocycles. The summed E-state index contributed by atoms with van der Waals surface area (Å²) in [6.45, 7) is 2.10. The van der Waals surface area contributed by atoms with Gasteiger partial charge in [-0.1, -0.05) is 35.9 Å². The molecule has 0 fully saturated rings. The molecule has 2 rings (SSSR count). The number of hydrogen-bond acceptors (Lipinski definition) is 4. The Morgan fingerprint density at radius 2 is 2.17 bits per heavy atom. The smallest absolute Gasteiger partial charge is 0.224 e. The number of methoxy groups -OCH3 is 1. The molecule has 0 amide bonds. The van der Waals surface area contributed by atoms with Crippen molar-refractivity contribution in [1.82, 2.24) is 9.97 Å². The lowest BCUT2D eigenvalue weighted by molar-refractivity contribution is 0.185. The van der Waals surface area contributed by atoms with Crippen molar-refractivity contribution < 1.29 is 9.13 Å². The molecule has 122 valence electrons. The Kier molecular flexibility index (Phi) is 6.33. The summed E-state index contributed by atoms with van der Waals surface area (Å²) in [6.07, 6.45) is 5.06. The summed E-state index contributed by atoms with van der Waals surface area (Å²) < 4.78 is 19.6. The van der Waals surface area contributed by atoms with E-state index in [0.29, 0.717) is 16.4 Å². The number of ether oxygens (including phenoxy) is 1. The fraction of sp³-hybridized carbons (Fsp3) is 0.250. The lowest BCUT2D eigenvalue weighted by Crippen LogP contribution is -2.20. The lowest BCUT2D eigenvalue weighted by Gasteiger charge is -2.22. The first-order chi connectivity index (χ1) is 11.1. The number of hydrogen-bond donors (Lipinski definition) is 1. The number of benzene rings is 1. The SMILES string of the molecule is CC=Cc1cccc(F)c1C(COC)Nc1nc(Cl)ncc1Cl. The summed E-state index contributed by atoms with van der Waals surface area (Å²) in [7, 11) is 1.54. The summed E-state index contributed by atoms with van der Waals surface area (Å²) in [4.78, 5) is 7.84. The summed E-state index contributed by atoms with van der Waals surface area (Å²) in [5.74, 6) is -0.0187. The second-order valence-corrected chi connectivity index (χ2v) is 5.48. The van der Waals surface area contributed by atoms with E-state index in [2.05, 4.69) is 15.3 Å². The van der Waals surface area contributed by atoms with Gasteiger partial charge in [0.25, 0.3) is 0 Å². The Labute approximate surface area is 144 Å². The van der Waals surface area contributed by atoms with Crippen LogP contribution >= 0.6 is 23.2 Å². The van der Waals surface area contributed by atoms with E-state index in [9.17, 15) is 4.39 Å². The van der Waals surface area contributed by atoms with Gasteiger partial charge in [0.15, 0.2) is 0 Å². The van der Waals surface area contributed by atoms with E-state index in [1.807, 2.05) is 25.1 Å². The van der Waals surface area contributed by atoms with Crippen molar-refractivity contribution in [2.75, 3.05) is 19.0 Å². The average Bonchev–Trinajstić information content (AvgIpc) is 2.51. The summed E-state index contributed by atoms with van der Waals surface area (Å²) in [5.41, 5.74) is 1.22. The second kappa shape index (κ2) is 8.24. The third-order valence-corrected chi connectivity index (χ3v) is 3.60. The number of allylic oxidation sites excluding steroid dienone is 1. The van der Waals surface area contributed by atoms with Gasteiger partial charge in [0.2, 0.25) is 5.28 Å². The van der Waals surface area contributed by atoms with Gasteiger partial charge < -0.3 is 10.1 Å². The van der Waals surface area contributed by atoms with E-state index >= 15 is 0 Å². The molecular weight excluding hydrogens is 340 g/mol. The minimum Gasteiger partial charge on any atom is -0.382 e. The van der Waals surface area contributed by atoms with Crippen LogP contribution in [0.15, 0.2) is 30.5 Å². The first-order valence-electron chi connectivity index (χ1n) is 6.91. The van der Waals surface area contributed by atoms with Crippen molar-refractivity contribution in [3.05, 3.63) is 57.7 Å². The number of rotatable bonds is 6. The maximum atomic E-state index is 14.4. The van der Waals surface area contributed by atoms with Crippen LogP contribution in [0.1, 0.15) is 24.1 Å². The van der Waals surface area contributed by atoms with Crippen molar-refractivity contribution in [3.8, 4) is 0 Å². The van der Waals surface area contributed by atoms with Crippen molar-refractivity contribution in [2.24, 2.45) is 0 Å². The molecule has 1 atom stereocenters. The van der Waals surface area contributed by atoms with Crippen molar-refractivity contribution >= 4 is 35.1 Å². The highest BCUT2D eigenvalue weighted by Crippen LogP contribution is 2.29. The minimum absolute atomic E-state index is 0.0512. The monoisotopic (exact) mass is 355 g/mol. The molecule has 0 aliphatic rings. The number of nitrogens with one attached hydrogen (secondary N) is 1. The van der Waals surface area contributed by atoms with Gasteiger partial charge in [-0.3, -0.25) is 0 Å². The van der Waals surface area contributed by atoms with Gasteiger partial charge in [-0.25, -0.2) is 9.37 Å². The highest BCUT2D eigenvalue weighted by atomic mass is 35.5. The predicted octanol–water partition coefficient (Wildman–Crippen LogP) is 4.76. The zero-order chi connectivity index (χ0) is 16.8. The van der Waals surface area contributed by atoms with Crippen LogP contribution in [0.5, 0.6) is 0 Å². The fourth-order valence-electron chi connectivity index (χ4n) is 2.22. The van der Waals surface area contributed by atoms with E-state index in [4.69, 9.17) is 27.9 Å². The molecule has 1 unspecified atom stereocenters. The molecule has 2 aromatic rings. The van der Waals surface area contributed by atoms with Gasteiger partial charge >= 0.3 is 0 Å². The number of nitrogens with zero attached hydrogens (tertiary/aromatic N) is 2. The van der Waals surface area contributed by atoms with Gasteiger partial charge in [-0.15, -0.1) is 0 Å². The highest BCUT2D eigenvalue weighted by Gasteiger charge is 2.20. The third-order valence-electron chi connectivity index (χ3n) is 3.14. The molecule has 0 bridgehead atoms. The Hall–Kier alpha value is -1.69. The molecule has 1 heterocycles. The standard InChI is InChI=1S/C16H16Cl2FN3O/c1-3-5-10-6-4-7-12(19)14(10)13(9-23-2)21-15-11(17)8-20-16(18)22-15/h3-8,13H,9H2,1-2H3,(H,20,21,22). The number of aromatic nitrogens is 2. The summed E-state index contributed by atoms with van der Waals surface area (Å²) in [6, 6.07) is 4.40. The van der Waals surface area contributed by atoms with Crippen LogP contribution in [0.25, 0.3) is 6.08 Å². The topological polar surface area (TPSA) is 47.0 Å². The molecule has 0 saturated heterocycles. The van der Waals surface area contributed by atoms with Gasteiger partial charge in [-0.2, -0.15) is 4.98 Å². The molecule has 1 N–H and O–H groups in total. The van der Waals surface area contributed by atoms with Crippen LogP contribution in [0.3, 0.4) is 0 Å². The molecule has 0 spiro atoms. The largest absolute Gasteiger partial charge is 0.382 e. The Balaban J connectivity index is 2.45.